The molecule has 2 aromatic rings. The highest BCUT2D eigenvalue weighted by Crippen LogP contribution is 2.63. The standard InChI is InChI=1S/C18H25N3O3S/c1-2-19-14-16(22)12-13-20-17-10-6-7-11-18(17)21(25(20,23)24)15-8-4-3-5-9-15/h3-11,16,19,22-24H,2,12-14H2,1H3/t16-/m1/s1. The summed E-state index contributed by atoms with van der Waals surface area (Å²) in [5.41, 5.74) is 2.25. The van der Waals surface area contributed by atoms with Gasteiger partial charge in [-0.05, 0) is 48.2 Å². The number of likely N-dealkylation sites (N-methyl/N-ethyl adjacent to an activating group) is 1. The van der Waals surface area contributed by atoms with Crippen LogP contribution in [0.1, 0.15) is 13.3 Å². The van der Waals surface area contributed by atoms with E-state index in [4.69, 9.17) is 0 Å². The predicted molar refractivity (Wildman–Crippen MR) is 104 cm³/mol. The smallest absolute Gasteiger partial charge is 0.0896 e. The van der Waals surface area contributed by atoms with Gasteiger partial charge in [0.2, 0.25) is 0 Å². The molecule has 0 bridgehead atoms. The summed E-state index contributed by atoms with van der Waals surface area (Å²) in [5, 5.41) is 13.2. The lowest BCUT2D eigenvalue weighted by molar-refractivity contribution is 0.165. The lowest BCUT2D eigenvalue weighted by Crippen LogP contribution is -2.35. The topological polar surface area (TPSA) is 79.2 Å². The molecule has 4 N–H and O–H groups in total. The predicted octanol–water partition coefficient (Wildman–Crippen LogP) is 3.59. The van der Waals surface area contributed by atoms with Crippen molar-refractivity contribution in [1.82, 2.24) is 5.32 Å². The van der Waals surface area contributed by atoms with Crippen LogP contribution in [0.3, 0.4) is 0 Å². The van der Waals surface area contributed by atoms with Crippen LogP contribution in [0.5, 0.6) is 0 Å². The fourth-order valence-electron chi connectivity index (χ4n) is 2.98. The highest BCUT2D eigenvalue weighted by Gasteiger charge is 2.41. The number of hydrogen-bond donors (Lipinski definition) is 4. The van der Waals surface area contributed by atoms with Crippen molar-refractivity contribution in [3.8, 4) is 0 Å². The van der Waals surface area contributed by atoms with Crippen molar-refractivity contribution in [3.63, 3.8) is 0 Å². The van der Waals surface area contributed by atoms with Gasteiger partial charge in [-0.15, -0.1) is 0 Å². The lowest BCUT2D eigenvalue weighted by Gasteiger charge is -2.44. The maximum absolute atomic E-state index is 11.0. The molecule has 1 aliphatic heterocycles. The Morgan fingerprint density at radius 3 is 2.32 bits per heavy atom. The number of nitrogens with one attached hydrogen (secondary N) is 1. The van der Waals surface area contributed by atoms with Gasteiger partial charge in [-0.3, -0.25) is 13.4 Å². The van der Waals surface area contributed by atoms with Crippen LogP contribution >= 0.6 is 11.0 Å². The molecule has 1 heterocycles. The summed E-state index contributed by atoms with van der Waals surface area (Å²) < 4.78 is 25.1. The number of aliphatic hydroxyl groups is 1. The van der Waals surface area contributed by atoms with E-state index >= 15 is 0 Å². The minimum absolute atomic E-state index is 0.356. The SMILES string of the molecule is CCNC[C@H](O)CCN1c2ccccc2N(c2ccccc2)S1(O)O. The normalized spacial score (nSPS) is 18.1. The van der Waals surface area contributed by atoms with Crippen molar-refractivity contribution < 1.29 is 14.2 Å². The summed E-state index contributed by atoms with van der Waals surface area (Å²) >= 11 is 0. The van der Waals surface area contributed by atoms with Gasteiger partial charge in [0, 0.05) is 13.1 Å². The minimum atomic E-state index is -3.22. The Hall–Kier alpha value is -1.77. The zero-order valence-electron chi connectivity index (χ0n) is 14.2. The van der Waals surface area contributed by atoms with Crippen molar-refractivity contribution in [2.75, 3.05) is 28.2 Å². The van der Waals surface area contributed by atoms with Gasteiger partial charge < -0.3 is 10.4 Å². The van der Waals surface area contributed by atoms with Gasteiger partial charge in [-0.25, -0.2) is 4.31 Å². The van der Waals surface area contributed by atoms with Crippen LogP contribution < -0.4 is 13.9 Å². The quantitative estimate of drug-likeness (QED) is 0.602. The Balaban J connectivity index is 1.87. The molecule has 6 nitrogen and oxygen atoms in total. The molecule has 0 aliphatic carbocycles. The minimum Gasteiger partial charge on any atom is -0.392 e. The number of rotatable bonds is 7. The number of benzene rings is 2. The molecular weight excluding hydrogens is 338 g/mol. The van der Waals surface area contributed by atoms with Crippen molar-refractivity contribution in [1.29, 1.82) is 0 Å². The summed E-state index contributed by atoms with van der Waals surface area (Å²) in [7, 11) is -3.22. The Morgan fingerprint density at radius 2 is 1.64 bits per heavy atom. The van der Waals surface area contributed by atoms with Crippen molar-refractivity contribution in [2.45, 2.75) is 19.4 Å². The van der Waals surface area contributed by atoms with Gasteiger partial charge in [0.05, 0.1) is 23.2 Å². The molecule has 2 aromatic carbocycles. The van der Waals surface area contributed by atoms with Gasteiger partial charge >= 0.3 is 0 Å². The average Bonchev–Trinajstić information content (AvgIpc) is 2.84. The van der Waals surface area contributed by atoms with E-state index in [0.29, 0.717) is 19.5 Å². The van der Waals surface area contributed by atoms with Crippen LogP contribution in [-0.2, 0) is 0 Å². The number of para-hydroxylation sites is 3. The molecule has 1 atom stereocenters. The number of anilines is 3. The Labute approximate surface area is 150 Å². The monoisotopic (exact) mass is 363 g/mol. The average molecular weight is 363 g/mol. The van der Waals surface area contributed by atoms with E-state index in [0.717, 1.165) is 23.6 Å². The molecular formula is C18H25N3O3S. The zero-order chi connectivity index (χ0) is 17.9. The van der Waals surface area contributed by atoms with Crippen LogP contribution in [0.2, 0.25) is 0 Å². The second-order valence-corrected chi connectivity index (χ2v) is 7.75. The van der Waals surface area contributed by atoms with E-state index in [1.54, 1.807) is 8.61 Å². The van der Waals surface area contributed by atoms with E-state index in [1.807, 2.05) is 61.5 Å². The molecule has 0 spiro atoms. The van der Waals surface area contributed by atoms with Crippen LogP contribution in [0.25, 0.3) is 0 Å². The van der Waals surface area contributed by atoms with E-state index < -0.39 is 17.1 Å². The first-order valence-corrected chi connectivity index (χ1v) is 9.90. The summed E-state index contributed by atoms with van der Waals surface area (Å²) in [5.74, 6) is 0. The molecule has 0 amide bonds. The fraction of sp³-hybridized carbons (Fsp3) is 0.333. The van der Waals surface area contributed by atoms with E-state index in [1.165, 1.54) is 0 Å². The Kier molecular flexibility index (Phi) is 5.51. The molecule has 0 fully saturated rings. The number of hydrogen-bond acceptors (Lipinski definition) is 6. The first kappa shape index (κ1) is 18.0. The first-order valence-electron chi connectivity index (χ1n) is 8.44. The third-order valence-corrected chi connectivity index (χ3v) is 6.06. The third kappa shape index (κ3) is 3.61. The highest BCUT2D eigenvalue weighted by molar-refractivity contribution is 8.27. The number of aliphatic hydroxyl groups excluding tert-OH is 1. The van der Waals surface area contributed by atoms with Crippen LogP contribution in [0.4, 0.5) is 17.1 Å². The summed E-state index contributed by atoms with van der Waals surface area (Å²) in [6, 6.07) is 16.9. The lowest BCUT2D eigenvalue weighted by atomic mass is 10.2. The van der Waals surface area contributed by atoms with Crippen molar-refractivity contribution in [2.24, 2.45) is 0 Å². The first-order chi connectivity index (χ1) is 12.1. The molecule has 0 radical (unpaired) electrons. The van der Waals surface area contributed by atoms with Gasteiger partial charge in [0.15, 0.2) is 0 Å². The Morgan fingerprint density at radius 1 is 1.00 bits per heavy atom. The van der Waals surface area contributed by atoms with E-state index in [-0.39, 0.29) is 0 Å². The highest BCUT2D eigenvalue weighted by atomic mass is 32.3. The molecule has 3 rings (SSSR count). The van der Waals surface area contributed by atoms with Crippen LogP contribution in [-0.4, -0.2) is 40.0 Å². The molecule has 136 valence electrons. The summed E-state index contributed by atoms with van der Waals surface area (Å²) in [6.07, 6.45) is -0.0899. The summed E-state index contributed by atoms with van der Waals surface area (Å²) in [6.45, 7) is 3.63. The van der Waals surface area contributed by atoms with Gasteiger partial charge in [-0.2, -0.15) is 0 Å². The zero-order valence-corrected chi connectivity index (χ0v) is 15.1. The number of nitrogens with zero attached hydrogens (tertiary/aromatic N) is 2. The second kappa shape index (κ2) is 7.63. The van der Waals surface area contributed by atoms with Gasteiger partial charge in [-0.1, -0.05) is 37.3 Å². The van der Waals surface area contributed by atoms with E-state index in [2.05, 4.69) is 5.32 Å². The second-order valence-electron chi connectivity index (χ2n) is 5.96. The fourth-order valence-corrected chi connectivity index (χ4v) is 4.76. The summed E-state index contributed by atoms with van der Waals surface area (Å²) in [4.78, 5) is 0. The third-order valence-electron chi connectivity index (χ3n) is 4.20. The molecule has 25 heavy (non-hydrogen) atoms. The molecule has 0 saturated carbocycles. The van der Waals surface area contributed by atoms with Crippen LogP contribution in [0, 0.1) is 0 Å². The molecule has 0 saturated heterocycles. The largest absolute Gasteiger partial charge is 0.392 e. The molecule has 1 aliphatic rings. The Bertz CT molecular complexity index is 699. The van der Waals surface area contributed by atoms with E-state index in [9.17, 15) is 14.2 Å². The number of fused-ring (bicyclic) bond motifs is 1. The van der Waals surface area contributed by atoms with Crippen LogP contribution in [0.15, 0.2) is 54.6 Å². The van der Waals surface area contributed by atoms with Gasteiger partial charge in [0.1, 0.15) is 0 Å². The maximum atomic E-state index is 11.0. The molecule has 0 unspecified atom stereocenters. The van der Waals surface area contributed by atoms with Gasteiger partial charge in [0.25, 0.3) is 0 Å². The molecule has 7 heteroatoms. The maximum Gasteiger partial charge on any atom is 0.0896 e. The van der Waals surface area contributed by atoms with Crippen molar-refractivity contribution >= 4 is 28.0 Å². The van der Waals surface area contributed by atoms with Crippen molar-refractivity contribution in [3.05, 3.63) is 54.6 Å². The molecule has 0 aromatic heterocycles.